The molecule has 1 aromatic carbocycles. The van der Waals surface area contributed by atoms with E-state index in [1.807, 2.05) is 20.8 Å². The van der Waals surface area contributed by atoms with E-state index in [9.17, 15) is 5.11 Å². The molecule has 0 radical (unpaired) electrons. The lowest BCUT2D eigenvalue weighted by Gasteiger charge is -2.47. The molecule has 6 heteroatoms. The van der Waals surface area contributed by atoms with Crippen LogP contribution < -0.4 is 9.47 Å². The van der Waals surface area contributed by atoms with Crippen LogP contribution in [0.5, 0.6) is 11.5 Å². The number of ether oxygens (including phenoxy) is 3. The summed E-state index contributed by atoms with van der Waals surface area (Å²) in [5.41, 5.74) is 2.23. The van der Waals surface area contributed by atoms with Gasteiger partial charge in [0.1, 0.15) is 0 Å². The van der Waals surface area contributed by atoms with Gasteiger partial charge in [0.25, 0.3) is 0 Å². The van der Waals surface area contributed by atoms with Crippen molar-refractivity contribution in [1.82, 2.24) is 4.90 Å². The van der Waals surface area contributed by atoms with Gasteiger partial charge in [0.2, 0.25) is 0 Å². The number of fused-ring (bicyclic) bond motifs is 3. The van der Waals surface area contributed by atoms with E-state index in [0.717, 1.165) is 35.5 Å². The van der Waals surface area contributed by atoms with E-state index in [4.69, 9.17) is 14.2 Å². The number of rotatable bonds is 5. The molecule has 0 unspecified atom stereocenters. The van der Waals surface area contributed by atoms with Gasteiger partial charge in [-0.05, 0) is 72.7 Å². The van der Waals surface area contributed by atoms with Gasteiger partial charge < -0.3 is 19.3 Å². The van der Waals surface area contributed by atoms with Gasteiger partial charge in [-0.1, -0.05) is 13.8 Å². The van der Waals surface area contributed by atoms with Crippen LogP contribution in [0.3, 0.4) is 0 Å². The summed E-state index contributed by atoms with van der Waals surface area (Å²) < 4.78 is 18.8. The van der Waals surface area contributed by atoms with E-state index >= 15 is 0 Å². The first-order chi connectivity index (χ1) is 13.1. The first-order valence-electron chi connectivity index (χ1n) is 10.2. The molecule has 1 aromatic rings. The van der Waals surface area contributed by atoms with Gasteiger partial charge >= 0.3 is 0 Å². The van der Waals surface area contributed by atoms with Gasteiger partial charge in [0, 0.05) is 19.1 Å². The quantitative estimate of drug-likeness (QED) is 0.715. The molecule has 2 heterocycles. The molecule has 158 valence electrons. The zero-order valence-corrected chi connectivity index (χ0v) is 19.5. The van der Waals surface area contributed by atoms with Crippen LogP contribution in [0, 0.1) is 5.92 Å². The molecule has 0 aliphatic carbocycles. The molecule has 2 aliphatic rings. The second kappa shape index (κ2) is 8.50. The average Bonchev–Trinajstić information content (AvgIpc) is 2.60. The van der Waals surface area contributed by atoms with Gasteiger partial charge in [-0.15, -0.1) is 0 Å². The second-order valence-corrected chi connectivity index (χ2v) is 10.1. The number of piperidine rings is 1. The Labute approximate surface area is 177 Å². The second-order valence-electron chi connectivity index (χ2n) is 9.33. The van der Waals surface area contributed by atoms with Crippen molar-refractivity contribution in [3.63, 3.8) is 0 Å². The first-order valence-corrected chi connectivity index (χ1v) is 11.0. The highest BCUT2D eigenvalue weighted by Crippen LogP contribution is 2.47. The minimum absolute atomic E-state index is 0.156. The fourth-order valence-corrected chi connectivity index (χ4v) is 4.90. The van der Waals surface area contributed by atoms with Crippen LogP contribution in [0.2, 0.25) is 0 Å². The summed E-state index contributed by atoms with van der Waals surface area (Å²) in [5.74, 6) is 1.97. The molecular weight excluding hydrogens is 422 g/mol. The minimum Gasteiger partial charge on any atom is -0.493 e. The molecule has 0 bridgehead atoms. The highest BCUT2D eigenvalue weighted by molar-refractivity contribution is 9.10. The third-order valence-corrected chi connectivity index (χ3v) is 6.20. The number of halogens is 1. The number of nitrogens with zero attached hydrogens (tertiary/aromatic N) is 1. The fourth-order valence-electron chi connectivity index (χ4n) is 4.16. The lowest BCUT2D eigenvalue weighted by molar-refractivity contribution is -0.149. The van der Waals surface area contributed by atoms with Crippen LogP contribution in [0.15, 0.2) is 10.5 Å². The van der Waals surface area contributed by atoms with E-state index in [0.29, 0.717) is 18.9 Å². The number of methoxy groups -OCH3 is 1. The van der Waals surface area contributed by atoms with Crippen LogP contribution in [0.25, 0.3) is 0 Å². The molecule has 0 amide bonds. The maximum absolute atomic E-state index is 10.8. The molecule has 28 heavy (non-hydrogen) atoms. The summed E-state index contributed by atoms with van der Waals surface area (Å²) in [7, 11) is 1.68. The Kier molecular flexibility index (Phi) is 6.64. The van der Waals surface area contributed by atoms with E-state index in [1.54, 1.807) is 7.11 Å². The van der Waals surface area contributed by atoms with Crippen molar-refractivity contribution >= 4 is 15.9 Å². The van der Waals surface area contributed by atoms with Gasteiger partial charge in [-0.25, -0.2) is 0 Å². The van der Waals surface area contributed by atoms with E-state index in [2.05, 4.69) is 40.7 Å². The Bertz CT molecular complexity index is 701. The summed E-state index contributed by atoms with van der Waals surface area (Å²) in [6.45, 7) is 12.7. The molecule has 0 spiro atoms. The normalized spacial score (nSPS) is 25.4. The Morgan fingerprint density at radius 3 is 2.64 bits per heavy atom. The van der Waals surface area contributed by atoms with Gasteiger partial charge in [-0.2, -0.15) is 0 Å². The first kappa shape index (κ1) is 21.9. The van der Waals surface area contributed by atoms with Crippen molar-refractivity contribution < 1.29 is 19.3 Å². The molecule has 1 fully saturated rings. The summed E-state index contributed by atoms with van der Waals surface area (Å²) >= 11 is 3.78. The van der Waals surface area contributed by atoms with Crippen LogP contribution in [-0.2, 0) is 11.2 Å². The van der Waals surface area contributed by atoms with Crippen LogP contribution in [0.4, 0.5) is 0 Å². The average molecular weight is 456 g/mol. The maximum atomic E-state index is 10.8. The van der Waals surface area contributed by atoms with Crippen molar-refractivity contribution in [2.75, 3.05) is 26.8 Å². The Morgan fingerprint density at radius 1 is 1.32 bits per heavy atom. The van der Waals surface area contributed by atoms with Gasteiger partial charge in [-0.3, -0.25) is 4.90 Å². The van der Waals surface area contributed by atoms with Crippen molar-refractivity contribution in [3.8, 4) is 11.5 Å². The predicted octanol–water partition coefficient (Wildman–Crippen LogP) is 4.34. The SMILES string of the molecule is COc1cc2c(c(Br)c1OCC(C)C)CCN1C[C@@H](OC(C)(C)C)[C@H](O)C[C@H]21. The van der Waals surface area contributed by atoms with Crippen molar-refractivity contribution in [3.05, 3.63) is 21.7 Å². The summed E-state index contributed by atoms with van der Waals surface area (Å²) in [6, 6.07) is 2.27. The summed E-state index contributed by atoms with van der Waals surface area (Å²) in [5, 5.41) is 10.8. The third-order valence-electron chi connectivity index (χ3n) is 5.37. The van der Waals surface area contributed by atoms with Crippen LogP contribution in [0.1, 0.15) is 58.2 Å². The van der Waals surface area contributed by atoms with Crippen molar-refractivity contribution in [2.45, 2.75) is 71.3 Å². The van der Waals surface area contributed by atoms with E-state index < -0.39 is 6.10 Å². The molecule has 3 rings (SSSR count). The van der Waals surface area contributed by atoms with Gasteiger partial charge in [0.05, 0.1) is 36.0 Å². The topological polar surface area (TPSA) is 51.2 Å². The number of hydrogen-bond donors (Lipinski definition) is 1. The van der Waals surface area contributed by atoms with E-state index in [-0.39, 0.29) is 17.7 Å². The molecule has 5 nitrogen and oxygen atoms in total. The predicted molar refractivity (Wildman–Crippen MR) is 114 cm³/mol. The molecule has 3 atom stereocenters. The zero-order valence-electron chi connectivity index (χ0n) is 17.9. The monoisotopic (exact) mass is 455 g/mol. The maximum Gasteiger partial charge on any atom is 0.175 e. The van der Waals surface area contributed by atoms with E-state index in [1.165, 1.54) is 11.1 Å². The van der Waals surface area contributed by atoms with Crippen molar-refractivity contribution in [1.29, 1.82) is 0 Å². The van der Waals surface area contributed by atoms with Crippen LogP contribution >= 0.6 is 15.9 Å². The highest BCUT2D eigenvalue weighted by atomic mass is 79.9. The molecule has 2 aliphatic heterocycles. The lowest BCUT2D eigenvalue weighted by atomic mass is 9.84. The standard InChI is InChI=1S/C22H34BrNO4/c1-13(2)12-27-21-18(26-6)9-15-14(20(21)23)7-8-24-11-19(28-22(3,4)5)17(25)10-16(15)24/h9,13,16-17,19,25H,7-8,10-12H2,1-6H3/t16-,17-,19-/m1/s1. The Hall–Kier alpha value is -0.820. The van der Waals surface area contributed by atoms with Crippen LogP contribution in [-0.4, -0.2) is 54.6 Å². The number of benzene rings is 1. The Morgan fingerprint density at radius 2 is 2.04 bits per heavy atom. The van der Waals surface area contributed by atoms with Gasteiger partial charge in [0.15, 0.2) is 11.5 Å². The number of aliphatic hydroxyl groups excluding tert-OH is 1. The fraction of sp³-hybridized carbons (Fsp3) is 0.727. The number of aliphatic hydroxyl groups is 1. The smallest absolute Gasteiger partial charge is 0.175 e. The largest absolute Gasteiger partial charge is 0.493 e. The minimum atomic E-state index is -0.479. The zero-order chi connectivity index (χ0) is 20.6. The molecule has 0 saturated carbocycles. The summed E-state index contributed by atoms with van der Waals surface area (Å²) in [4.78, 5) is 2.44. The summed E-state index contributed by atoms with van der Waals surface area (Å²) in [6.07, 6.45) is 0.965. The Balaban J connectivity index is 1.89. The molecule has 1 saturated heterocycles. The van der Waals surface area contributed by atoms with Crippen molar-refractivity contribution in [2.24, 2.45) is 5.92 Å². The lowest BCUT2D eigenvalue weighted by Crippen LogP contribution is -2.53. The molecule has 0 aromatic heterocycles. The molecule has 1 N–H and O–H groups in total. The highest BCUT2D eigenvalue weighted by Gasteiger charge is 2.41. The third kappa shape index (κ3) is 4.66. The molecular formula is C22H34BrNO4. The number of hydrogen-bond acceptors (Lipinski definition) is 5.